The van der Waals surface area contributed by atoms with Crippen LogP contribution < -0.4 is 14.8 Å². The lowest BCUT2D eigenvalue weighted by Crippen LogP contribution is -2.33. The number of hydrogen-bond donors (Lipinski definition) is 1. The summed E-state index contributed by atoms with van der Waals surface area (Å²) in [4.78, 5) is 33.3. The van der Waals surface area contributed by atoms with Gasteiger partial charge >= 0.3 is 0 Å². The van der Waals surface area contributed by atoms with Crippen molar-refractivity contribution in [3.8, 4) is 0 Å². The Morgan fingerprint density at radius 3 is 2.48 bits per heavy atom. The summed E-state index contributed by atoms with van der Waals surface area (Å²) in [7, 11) is 0. The largest absolute Gasteiger partial charge is 0.385 e. The van der Waals surface area contributed by atoms with Crippen LogP contribution in [0.3, 0.4) is 0 Å². The molecular formula is C14H12N2O3S2. The van der Waals surface area contributed by atoms with Gasteiger partial charge in [0.2, 0.25) is 0 Å². The molecule has 0 saturated carbocycles. The SMILES string of the molecule is CC(C)(O)c1sc(=O)sc1C1N=c2ccccc2=NC1=O. The van der Waals surface area contributed by atoms with Crippen LogP contribution in [0, 0.1) is 0 Å². The summed E-state index contributed by atoms with van der Waals surface area (Å²) < 4.78 is -0.163. The number of nitrogens with zero attached hydrogens (tertiary/aromatic N) is 2. The second-order valence-corrected chi connectivity index (χ2v) is 7.43. The summed E-state index contributed by atoms with van der Waals surface area (Å²) in [5.74, 6) is -0.409. The van der Waals surface area contributed by atoms with E-state index in [4.69, 9.17) is 0 Å². The maximum absolute atomic E-state index is 12.2. The number of fused-ring (bicyclic) bond motifs is 1. The van der Waals surface area contributed by atoms with E-state index in [1.165, 1.54) is 0 Å². The van der Waals surface area contributed by atoms with Crippen molar-refractivity contribution in [1.82, 2.24) is 0 Å². The summed E-state index contributed by atoms with van der Waals surface area (Å²) in [5, 5.41) is 11.3. The van der Waals surface area contributed by atoms with Crippen molar-refractivity contribution in [3.63, 3.8) is 0 Å². The third-order valence-electron chi connectivity index (χ3n) is 3.02. The van der Waals surface area contributed by atoms with Gasteiger partial charge in [-0.15, -0.1) is 0 Å². The molecule has 0 spiro atoms. The van der Waals surface area contributed by atoms with Crippen molar-refractivity contribution in [2.45, 2.75) is 25.5 Å². The molecule has 0 bridgehead atoms. The molecule has 1 atom stereocenters. The first-order valence-electron chi connectivity index (χ1n) is 6.28. The van der Waals surface area contributed by atoms with Gasteiger partial charge in [0, 0.05) is 0 Å². The normalized spacial score (nSPS) is 17.9. The lowest BCUT2D eigenvalue weighted by molar-refractivity contribution is -0.119. The minimum absolute atomic E-state index is 0.163. The highest BCUT2D eigenvalue weighted by Gasteiger charge is 2.32. The summed E-state index contributed by atoms with van der Waals surface area (Å²) in [6.45, 7) is 3.18. The molecule has 0 saturated heterocycles. The fourth-order valence-electron chi connectivity index (χ4n) is 2.11. The number of para-hydroxylation sites is 2. The van der Waals surface area contributed by atoms with Crippen molar-refractivity contribution in [1.29, 1.82) is 0 Å². The molecule has 108 valence electrons. The molecule has 0 fully saturated rings. The summed E-state index contributed by atoms with van der Waals surface area (Å²) >= 11 is 1.91. The Morgan fingerprint density at radius 2 is 1.81 bits per heavy atom. The molecule has 7 heteroatoms. The third-order valence-corrected chi connectivity index (χ3v) is 5.55. The summed E-state index contributed by atoms with van der Waals surface area (Å²) in [5.41, 5.74) is -1.19. The van der Waals surface area contributed by atoms with Gasteiger partial charge in [-0.3, -0.25) is 14.6 Å². The van der Waals surface area contributed by atoms with E-state index < -0.39 is 17.6 Å². The Labute approximate surface area is 128 Å². The molecule has 1 aromatic carbocycles. The Morgan fingerprint density at radius 1 is 1.14 bits per heavy atom. The van der Waals surface area contributed by atoms with E-state index in [0.717, 1.165) is 22.7 Å². The zero-order valence-corrected chi connectivity index (χ0v) is 13.0. The van der Waals surface area contributed by atoms with Gasteiger partial charge in [-0.05, 0) is 26.0 Å². The molecule has 1 N–H and O–H groups in total. The van der Waals surface area contributed by atoms with Crippen molar-refractivity contribution in [3.05, 3.63) is 53.6 Å². The van der Waals surface area contributed by atoms with E-state index in [2.05, 4.69) is 9.98 Å². The van der Waals surface area contributed by atoms with Gasteiger partial charge in [0.15, 0.2) is 6.04 Å². The number of rotatable bonds is 2. The van der Waals surface area contributed by atoms with Crippen LogP contribution in [-0.2, 0) is 10.4 Å². The first-order valence-corrected chi connectivity index (χ1v) is 7.92. The van der Waals surface area contributed by atoms with Gasteiger partial charge in [-0.2, -0.15) is 0 Å². The zero-order valence-electron chi connectivity index (χ0n) is 11.4. The van der Waals surface area contributed by atoms with Crippen molar-refractivity contribution in [2.24, 2.45) is 9.98 Å². The number of carbonyl (C=O) groups excluding carboxylic acids is 1. The van der Waals surface area contributed by atoms with Gasteiger partial charge in [0.05, 0.1) is 26.1 Å². The monoisotopic (exact) mass is 320 g/mol. The molecule has 0 radical (unpaired) electrons. The predicted molar refractivity (Wildman–Crippen MR) is 80.2 cm³/mol. The van der Waals surface area contributed by atoms with Crippen LogP contribution in [-0.4, -0.2) is 11.0 Å². The van der Waals surface area contributed by atoms with Crippen LogP contribution in [0.25, 0.3) is 0 Å². The van der Waals surface area contributed by atoms with Crippen molar-refractivity contribution >= 4 is 28.6 Å². The Bertz CT molecular complexity index is 890. The lowest BCUT2D eigenvalue weighted by atomic mass is 10.0. The number of benzene rings is 1. The van der Waals surface area contributed by atoms with Crippen LogP contribution in [0.2, 0.25) is 0 Å². The van der Waals surface area contributed by atoms with Gasteiger partial charge in [0.1, 0.15) is 0 Å². The van der Waals surface area contributed by atoms with E-state index in [0.29, 0.717) is 20.5 Å². The van der Waals surface area contributed by atoms with Crippen LogP contribution in [0.15, 0.2) is 39.0 Å². The molecule has 1 aliphatic rings. The Hall–Kier alpha value is -1.70. The molecule has 3 rings (SSSR count). The van der Waals surface area contributed by atoms with E-state index in [1.807, 2.05) is 6.07 Å². The molecule has 1 aliphatic heterocycles. The molecule has 21 heavy (non-hydrogen) atoms. The quantitative estimate of drug-likeness (QED) is 0.893. The van der Waals surface area contributed by atoms with Crippen LogP contribution in [0.4, 0.5) is 0 Å². The zero-order chi connectivity index (χ0) is 15.2. The minimum atomic E-state index is -1.19. The van der Waals surface area contributed by atoms with Crippen molar-refractivity contribution < 1.29 is 9.90 Å². The molecule has 5 nitrogen and oxygen atoms in total. The van der Waals surface area contributed by atoms with Crippen LogP contribution >= 0.6 is 22.7 Å². The van der Waals surface area contributed by atoms with E-state index in [-0.39, 0.29) is 4.06 Å². The molecular weight excluding hydrogens is 308 g/mol. The van der Waals surface area contributed by atoms with E-state index in [9.17, 15) is 14.7 Å². The van der Waals surface area contributed by atoms with Crippen molar-refractivity contribution in [2.75, 3.05) is 0 Å². The van der Waals surface area contributed by atoms with Crippen LogP contribution in [0.5, 0.6) is 0 Å². The van der Waals surface area contributed by atoms with Gasteiger partial charge in [-0.25, -0.2) is 4.99 Å². The van der Waals surface area contributed by atoms with Gasteiger partial charge in [-0.1, -0.05) is 34.8 Å². The summed E-state index contributed by atoms with van der Waals surface area (Å²) in [6, 6.07) is 6.26. The van der Waals surface area contributed by atoms with Gasteiger partial charge in [0.25, 0.3) is 9.96 Å². The third kappa shape index (κ3) is 2.59. The fraction of sp³-hybridized carbons (Fsp3) is 0.286. The lowest BCUT2D eigenvalue weighted by Gasteiger charge is -2.19. The molecule has 0 aliphatic carbocycles. The first kappa shape index (κ1) is 14.2. The van der Waals surface area contributed by atoms with E-state index in [1.54, 1.807) is 32.0 Å². The van der Waals surface area contributed by atoms with Gasteiger partial charge < -0.3 is 5.11 Å². The van der Waals surface area contributed by atoms with E-state index >= 15 is 0 Å². The average Bonchev–Trinajstić information content (AvgIpc) is 2.80. The average molecular weight is 320 g/mol. The second-order valence-electron chi connectivity index (χ2n) is 5.18. The highest BCUT2D eigenvalue weighted by Crippen LogP contribution is 2.35. The highest BCUT2D eigenvalue weighted by atomic mass is 32.2. The maximum atomic E-state index is 12.2. The predicted octanol–water partition coefficient (Wildman–Crippen LogP) is 0.918. The molecule has 2 aromatic rings. The smallest absolute Gasteiger partial charge is 0.288 e. The minimum Gasteiger partial charge on any atom is -0.385 e. The number of carbonyl (C=O) groups is 1. The summed E-state index contributed by atoms with van der Waals surface area (Å²) in [6.07, 6.45) is 0. The number of aliphatic hydroxyl groups is 1. The number of amides is 1. The Balaban J connectivity index is 2.21. The second kappa shape index (κ2) is 4.94. The standard InChI is InChI=1S/C14H12N2O3S2/c1-14(2,19)11-10(20-13(18)21-11)9-12(17)16-8-6-4-3-5-7(8)15-9/h3-6,9,19H,1-2H3. The highest BCUT2D eigenvalue weighted by molar-refractivity contribution is 7.27. The first-order chi connectivity index (χ1) is 9.86. The molecule has 1 unspecified atom stereocenters. The topological polar surface area (TPSA) is 79.1 Å². The molecule has 1 aromatic heterocycles. The van der Waals surface area contributed by atoms with Crippen LogP contribution in [0.1, 0.15) is 29.6 Å². The molecule has 1 amide bonds. The maximum Gasteiger partial charge on any atom is 0.288 e. The fourth-order valence-corrected chi connectivity index (χ4v) is 4.46. The molecule has 2 heterocycles. The Kier molecular flexibility index (Phi) is 3.35. The number of hydrogen-bond acceptors (Lipinski definition) is 6.